The molecule has 0 atom stereocenters. The van der Waals surface area contributed by atoms with Crippen molar-refractivity contribution < 1.29 is 9.53 Å². The van der Waals surface area contributed by atoms with Crippen LogP contribution in [0.1, 0.15) is 5.56 Å². The first-order valence-corrected chi connectivity index (χ1v) is 9.46. The van der Waals surface area contributed by atoms with E-state index in [1.165, 1.54) is 11.3 Å². The van der Waals surface area contributed by atoms with Crippen LogP contribution in [0.15, 0.2) is 91.1 Å². The third-order valence-electron chi connectivity index (χ3n) is 4.15. The second-order valence-electron chi connectivity index (χ2n) is 6.07. The van der Waals surface area contributed by atoms with Crippen molar-refractivity contribution in [1.29, 1.82) is 0 Å². The van der Waals surface area contributed by atoms with E-state index in [9.17, 15) is 4.79 Å². The van der Waals surface area contributed by atoms with Crippen molar-refractivity contribution in [3.8, 4) is 26.8 Å². The molecule has 0 bridgehead atoms. The number of ether oxygens (including phenoxy) is 1. The number of thiazole rings is 1. The number of esters is 1. The molecule has 0 aliphatic rings. The molecule has 3 aromatic carbocycles. The van der Waals surface area contributed by atoms with Crippen LogP contribution in [0.4, 0.5) is 0 Å². The van der Waals surface area contributed by atoms with E-state index in [1.54, 1.807) is 6.20 Å². The molecule has 0 spiro atoms. The summed E-state index contributed by atoms with van der Waals surface area (Å²) in [5.41, 5.74) is 4.26. The van der Waals surface area contributed by atoms with Crippen LogP contribution in [0.2, 0.25) is 0 Å². The van der Waals surface area contributed by atoms with Crippen LogP contribution < -0.4 is 4.74 Å². The van der Waals surface area contributed by atoms with E-state index in [0.29, 0.717) is 5.19 Å². The number of carbonyl (C=O) groups excluding carboxylic acids is 1. The summed E-state index contributed by atoms with van der Waals surface area (Å²) in [6.45, 7) is 0. The summed E-state index contributed by atoms with van der Waals surface area (Å²) >= 11 is 1.37. The number of carbonyl (C=O) groups is 1. The molecule has 3 nitrogen and oxygen atoms in total. The molecule has 0 saturated heterocycles. The zero-order chi connectivity index (χ0) is 18.5. The summed E-state index contributed by atoms with van der Waals surface area (Å²) in [6, 6.07) is 28.0. The largest absolute Gasteiger partial charge is 0.398 e. The zero-order valence-electron chi connectivity index (χ0n) is 14.5. The molecular formula is C23H17NO2S. The van der Waals surface area contributed by atoms with Crippen molar-refractivity contribution in [2.75, 3.05) is 0 Å². The number of nitrogens with zero attached hydrogens (tertiary/aromatic N) is 1. The fourth-order valence-electron chi connectivity index (χ4n) is 2.79. The highest BCUT2D eigenvalue weighted by atomic mass is 32.1. The summed E-state index contributed by atoms with van der Waals surface area (Å²) < 4.78 is 5.40. The molecule has 4 heteroatoms. The van der Waals surface area contributed by atoms with E-state index in [0.717, 1.165) is 27.1 Å². The Hall–Kier alpha value is -3.24. The molecule has 0 fully saturated rings. The van der Waals surface area contributed by atoms with Crippen LogP contribution in [0.3, 0.4) is 0 Å². The van der Waals surface area contributed by atoms with Crippen LogP contribution in [0.25, 0.3) is 21.6 Å². The van der Waals surface area contributed by atoms with Gasteiger partial charge in [0.25, 0.3) is 5.19 Å². The second kappa shape index (κ2) is 7.98. The normalized spacial score (nSPS) is 10.5. The van der Waals surface area contributed by atoms with Gasteiger partial charge in [0.05, 0.1) is 11.3 Å². The molecule has 27 heavy (non-hydrogen) atoms. The lowest BCUT2D eigenvalue weighted by molar-refractivity contribution is -0.133. The summed E-state index contributed by atoms with van der Waals surface area (Å²) in [6.07, 6.45) is 1.95. The first-order chi connectivity index (χ1) is 13.3. The number of aromatic nitrogens is 1. The quantitative estimate of drug-likeness (QED) is 0.427. The first kappa shape index (κ1) is 17.2. The lowest BCUT2D eigenvalue weighted by Crippen LogP contribution is -2.10. The van der Waals surface area contributed by atoms with Gasteiger partial charge in [-0.1, -0.05) is 96.3 Å². The Bertz CT molecular complexity index is 1020. The van der Waals surface area contributed by atoms with Gasteiger partial charge < -0.3 is 4.74 Å². The van der Waals surface area contributed by atoms with Gasteiger partial charge in [0.15, 0.2) is 0 Å². The van der Waals surface area contributed by atoms with Crippen molar-refractivity contribution in [1.82, 2.24) is 4.98 Å². The predicted molar refractivity (Wildman–Crippen MR) is 109 cm³/mol. The topological polar surface area (TPSA) is 39.2 Å². The minimum Gasteiger partial charge on any atom is -0.398 e. The van der Waals surface area contributed by atoms with Gasteiger partial charge in [-0.3, -0.25) is 4.79 Å². The molecule has 0 aliphatic carbocycles. The molecular weight excluding hydrogens is 354 g/mol. The van der Waals surface area contributed by atoms with E-state index in [4.69, 9.17) is 4.74 Å². The molecule has 132 valence electrons. The maximum Gasteiger partial charge on any atom is 0.317 e. The number of benzene rings is 3. The Labute approximate surface area is 161 Å². The first-order valence-electron chi connectivity index (χ1n) is 8.64. The van der Waals surface area contributed by atoms with Gasteiger partial charge in [-0.05, 0) is 22.3 Å². The molecule has 1 heterocycles. The number of hydrogen-bond donors (Lipinski definition) is 0. The molecule has 0 amide bonds. The highest BCUT2D eigenvalue weighted by Crippen LogP contribution is 2.30. The van der Waals surface area contributed by atoms with Gasteiger partial charge >= 0.3 is 5.97 Å². The van der Waals surface area contributed by atoms with E-state index in [2.05, 4.69) is 17.1 Å². The van der Waals surface area contributed by atoms with Gasteiger partial charge in [-0.15, -0.1) is 0 Å². The maximum atomic E-state index is 12.2. The molecule has 0 N–H and O–H groups in total. The predicted octanol–water partition coefficient (Wildman–Crippen LogP) is 5.63. The molecule has 0 saturated carbocycles. The number of rotatable bonds is 5. The van der Waals surface area contributed by atoms with E-state index < -0.39 is 0 Å². The van der Waals surface area contributed by atoms with E-state index in [1.807, 2.05) is 72.8 Å². The van der Waals surface area contributed by atoms with Gasteiger partial charge in [-0.25, -0.2) is 4.98 Å². The number of hydrogen-bond acceptors (Lipinski definition) is 4. The van der Waals surface area contributed by atoms with Crippen LogP contribution in [-0.2, 0) is 11.2 Å². The van der Waals surface area contributed by atoms with Crippen LogP contribution in [0.5, 0.6) is 5.19 Å². The summed E-state index contributed by atoms with van der Waals surface area (Å²) in [4.78, 5) is 17.4. The van der Waals surface area contributed by atoms with Gasteiger partial charge in [-0.2, -0.15) is 0 Å². The van der Waals surface area contributed by atoms with Crippen molar-refractivity contribution in [2.45, 2.75) is 6.42 Å². The van der Waals surface area contributed by atoms with Crippen molar-refractivity contribution in [3.63, 3.8) is 0 Å². The summed E-state index contributed by atoms with van der Waals surface area (Å²) in [5.74, 6) is -0.309. The SMILES string of the molecule is O=C(Cc1ccc(-c2ccccc2)cc1)Oc1ncc(-c2ccccc2)s1. The standard InChI is InChI=1S/C23H17NO2S/c25-22(26-23-24-16-21(27-23)20-9-5-2-6-10-20)15-17-11-13-19(14-12-17)18-7-3-1-4-8-18/h1-14,16H,15H2. The van der Waals surface area contributed by atoms with E-state index >= 15 is 0 Å². The Morgan fingerprint density at radius 1 is 0.778 bits per heavy atom. The Kier molecular flexibility index (Phi) is 5.08. The molecule has 4 rings (SSSR count). The Balaban J connectivity index is 1.39. The van der Waals surface area contributed by atoms with Crippen molar-refractivity contribution >= 4 is 17.3 Å². The van der Waals surface area contributed by atoms with Gasteiger partial charge in [0.1, 0.15) is 0 Å². The van der Waals surface area contributed by atoms with Gasteiger partial charge in [0, 0.05) is 6.20 Å². The highest BCUT2D eigenvalue weighted by molar-refractivity contribution is 7.16. The minimum absolute atomic E-state index is 0.218. The average Bonchev–Trinajstić information content (AvgIpc) is 3.18. The molecule has 1 aromatic heterocycles. The summed E-state index contributed by atoms with van der Waals surface area (Å²) in [5, 5.41) is 0.375. The average molecular weight is 371 g/mol. The lowest BCUT2D eigenvalue weighted by Gasteiger charge is -2.04. The van der Waals surface area contributed by atoms with Crippen LogP contribution in [0, 0.1) is 0 Å². The fraction of sp³-hybridized carbons (Fsp3) is 0.0435. The molecule has 0 unspecified atom stereocenters. The fourth-order valence-corrected chi connectivity index (χ4v) is 3.57. The zero-order valence-corrected chi connectivity index (χ0v) is 15.4. The monoisotopic (exact) mass is 371 g/mol. The third-order valence-corrected chi connectivity index (χ3v) is 5.08. The van der Waals surface area contributed by atoms with Crippen LogP contribution >= 0.6 is 11.3 Å². The minimum atomic E-state index is -0.309. The molecule has 0 aliphatic heterocycles. The smallest absolute Gasteiger partial charge is 0.317 e. The molecule has 4 aromatic rings. The maximum absolute atomic E-state index is 12.2. The Morgan fingerprint density at radius 2 is 1.37 bits per heavy atom. The summed E-state index contributed by atoms with van der Waals surface area (Å²) in [7, 11) is 0. The van der Waals surface area contributed by atoms with E-state index in [-0.39, 0.29) is 12.4 Å². The van der Waals surface area contributed by atoms with Crippen LogP contribution in [-0.4, -0.2) is 11.0 Å². The molecule has 0 radical (unpaired) electrons. The van der Waals surface area contributed by atoms with Gasteiger partial charge in [0.2, 0.25) is 0 Å². The lowest BCUT2D eigenvalue weighted by atomic mass is 10.0. The van der Waals surface area contributed by atoms with Crippen molar-refractivity contribution in [2.24, 2.45) is 0 Å². The third kappa shape index (κ3) is 4.30. The Morgan fingerprint density at radius 3 is 2.04 bits per heavy atom. The second-order valence-corrected chi connectivity index (χ2v) is 7.06. The highest BCUT2D eigenvalue weighted by Gasteiger charge is 2.11. The van der Waals surface area contributed by atoms with Crippen molar-refractivity contribution in [3.05, 3.63) is 96.7 Å².